The van der Waals surface area contributed by atoms with Gasteiger partial charge in [0.05, 0.1) is 0 Å². The zero-order valence-electron chi connectivity index (χ0n) is 13.3. The van der Waals surface area contributed by atoms with Crippen LogP contribution in [0.1, 0.15) is 37.7 Å². The van der Waals surface area contributed by atoms with E-state index < -0.39 is 0 Å². The summed E-state index contributed by atoms with van der Waals surface area (Å²) in [4.78, 5) is 5.06. The Hall–Kier alpha value is -1.10. The summed E-state index contributed by atoms with van der Waals surface area (Å²) in [5, 5.41) is 19.4. The van der Waals surface area contributed by atoms with Crippen LogP contribution in [0.4, 0.5) is 0 Å². The van der Waals surface area contributed by atoms with Gasteiger partial charge in [-0.05, 0) is 25.3 Å². The van der Waals surface area contributed by atoms with Gasteiger partial charge in [-0.2, -0.15) is 0 Å². The molecule has 1 heterocycles. The number of para-hydroxylation sites is 1. The number of rotatable bonds is 5. The van der Waals surface area contributed by atoms with Crippen molar-refractivity contribution in [2.24, 2.45) is 0 Å². The quantitative estimate of drug-likeness (QED) is 0.875. The van der Waals surface area contributed by atoms with Crippen molar-refractivity contribution in [1.82, 2.24) is 9.80 Å². The summed E-state index contributed by atoms with van der Waals surface area (Å²) in [5.74, 6) is 0.388. The summed E-state index contributed by atoms with van der Waals surface area (Å²) in [6.45, 7) is 4.19. The van der Waals surface area contributed by atoms with Gasteiger partial charge in [-0.25, -0.2) is 0 Å². The number of hydrogen-bond acceptors (Lipinski definition) is 4. The van der Waals surface area contributed by atoms with Crippen LogP contribution in [-0.4, -0.2) is 58.3 Å². The fraction of sp³-hybridized carbons (Fsp3) is 0.667. The Balaban J connectivity index is 1.63. The first kappa shape index (κ1) is 15.8. The minimum absolute atomic E-state index is 0.262. The molecule has 0 amide bonds. The van der Waals surface area contributed by atoms with Crippen molar-refractivity contribution in [2.75, 3.05) is 26.2 Å². The Morgan fingerprint density at radius 2 is 1.86 bits per heavy atom. The lowest BCUT2D eigenvalue weighted by molar-refractivity contribution is 0.0265. The Labute approximate surface area is 133 Å². The number of phenols is 1. The Bertz CT molecular complexity index is 474. The SMILES string of the molecule is OCC[C@H]1CN(Cc2ccccc2O)CCN1C1CCCC1. The van der Waals surface area contributed by atoms with Crippen molar-refractivity contribution in [3.05, 3.63) is 29.8 Å². The molecule has 0 aromatic heterocycles. The lowest BCUT2D eigenvalue weighted by Crippen LogP contribution is -2.56. The summed E-state index contributed by atoms with van der Waals surface area (Å²) in [5.41, 5.74) is 1.000. The molecule has 22 heavy (non-hydrogen) atoms. The van der Waals surface area contributed by atoms with Crippen LogP contribution in [0.15, 0.2) is 24.3 Å². The molecule has 2 fully saturated rings. The topological polar surface area (TPSA) is 46.9 Å². The van der Waals surface area contributed by atoms with Crippen LogP contribution >= 0.6 is 0 Å². The number of benzene rings is 1. The highest BCUT2D eigenvalue weighted by Gasteiger charge is 2.33. The van der Waals surface area contributed by atoms with Crippen LogP contribution in [0, 0.1) is 0 Å². The van der Waals surface area contributed by atoms with Gasteiger partial charge in [0.2, 0.25) is 0 Å². The van der Waals surface area contributed by atoms with Crippen molar-refractivity contribution >= 4 is 0 Å². The molecule has 4 nitrogen and oxygen atoms in total. The van der Waals surface area contributed by atoms with Crippen molar-refractivity contribution in [3.8, 4) is 5.75 Å². The molecular weight excluding hydrogens is 276 g/mol. The Morgan fingerprint density at radius 1 is 1.09 bits per heavy atom. The number of phenolic OH excluding ortho intramolecular Hbond substituents is 1. The van der Waals surface area contributed by atoms with Crippen LogP contribution < -0.4 is 0 Å². The molecule has 0 radical (unpaired) electrons. The molecule has 2 aliphatic rings. The lowest BCUT2D eigenvalue weighted by Gasteiger charge is -2.44. The average molecular weight is 304 g/mol. The van der Waals surface area contributed by atoms with E-state index in [-0.39, 0.29) is 6.61 Å². The Morgan fingerprint density at radius 3 is 2.59 bits per heavy atom. The summed E-state index contributed by atoms with van der Waals surface area (Å²) < 4.78 is 0. The molecule has 2 N–H and O–H groups in total. The van der Waals surface area contributed by atoms with Gasteiger partial charge in [0.15, 0.2) is 0 Å². The fourth-order valence-corrected chi connectivity index (χ4v) is 4.09. The number of piperazine rings is 1. The molecule has 122 valence electrons. The van der Waals surface area contributed by atoms with Gasteiger partial charge < -0.3 is 10.2 Å². The van der Waals surface area contributed by atoms with E-state index in [4.69, 9.17) is 0 Å². The molecule has 1 saturated heterocycles. The van der Waals surface area contributed by atoms with Gasteiger partial charge in [-0.1, -0.05) is 31.0 Å². The first-order chi connectivity index (χ1) is 10.8. The smallest absolute Gasteiger partial charge is 0.120 e. The van der Waals surface area contributed by atoms with E-state index in [1.54, 1.807) is 6.07 Å². The number of hydrogen-bond donors (Lipinski definition) is 2. The summed E-state index contributed by atoms with van der Waals surface area (Å²) in [7, 11) is 0. The molecule has 1 saturated carbocycles. The molecule has 1 atom stereocenters. The van der Waals surface area contributed by atoms with Crippen molar-refractivity contribution < 1.29 is 10.2 Å². The molecule has 0 bridgehead atoms. The van der Waals surface area contributed by atoms with Crippen LogP contribution in [0.25, 0.3) is 0 Å². The number of aromatic hydroxyl groups is 1. The second-order valence-corrected chi connectivity index (χ2v) is 6.71. The summed E-state index contributed by atoms with van der Waals surface area (Å²) in [6, 6.07) is 8.78. The third-order valence-electron chi connectivity index (χ3n) is 5.25. The lowest BCUT2D eigenvalue weighted by atomic mass is 10.0. The molecule has 1 aliphatic carbocycles. The van der Waals surface area contributed by atoms with Crippen molar-refractivity contribution in [2.45, 2.75) is 50.7 Å². The predicted octanol–water partition coefficient (Wildman–Crippen LogP) is 2.20. The van der Waals surface area contributed by atoms with E-state index in [9.17, 15) is 10.2 Å². The second kappa shape index (κ2) is 7.44. The van der Waals surface area contributed by atoms with Gasteiger partial charge in [0.1, 0.15) is 5.75 Å². The normalized spacial score (nSPS) is 24.9. The zero-order valence-corrected chi connectivity index (χ0v) is 13.3. The van der Waals surface area contributed by atoms with Crippen molar-refractivity contribution in [1.29, 1.82) is 0 Å². The van der Waals surface area contributed by atoms with Gasteiger partial charge >= 0.3 is 0 Å². The summed E-state index contributed by atoms with van der Waals surface area (Å²) in [6.07, 6.45) is 6.21. The molecule has 0 unspecified atom stereocenters. The minimum Gasteiger partial charge on any atom is -0.508 e. The average Bonchev–Trinajstić information content (AvgIpc) is 3.04. The maximum Gasteiger partial charge on any atom is 0.120 e. The highest BCUT2D eigenvalue weighted by atomic mass is 16.3. The van der Waals surface area contributed by atoms with E-state index in [2.05, 4.69) is 9.80 Å². The largest absolute Gasteiger partial charge is 0.508 e. The van der Waals surface area contributed by atoms with E-state index in [1.165, 1.54) is 25.7 Å². The third-order valence-corrected chi connectivity index (χ3v) is 5.25. The number of aliphatic hydroxyl groups is 1. The van der Waals surface area contributed by atoms with Gasteiger partial charge in [-0.15, -0.1) is 0 Å². The highest BCUT2D eigenvalue weighted by molar-refractivity contribution is 5.31. The molecule has 1 aliphatic heterocycles. The highest BCUT2D eigenvalue weighted by Crippen LogP contribution is 2.28. The van der Waals surface area contributed by atoms with E-state index >= 15 is 0 Å². The molecule has 4 heteroatoms. The van der Waals surface area contributed by atoms with Crippen LogP contribution in [-0.2, 0) is 6.54 Å². The fourth-order valence-electron chi connectivity index (χ4n) is 4.09. The van der Waals surface area contributed by atoms with Crippen LogP contribution in [0.2, 0.25) is 0 Å². The van der Waals surface area contributed by atoms with Gasteiger partial charge in [-0.3, -0.25) is 9.80 Å². The molecular formula is C18H28N2O2. The molecule has 3 rings (SSSR count). The maximum absolute atomic E-state index is 9.96. The van der Waals surface area contributed by atoms with Gasteiger partial charge in [0, 0.05) is 50.4 Å². The maximum atomic E-state index is 9.96. The van der Waals surface area contributed by atoms with E-state index in [0.717, 1.165) is 44.2 Å². The van der Waals surface area contributed by atoms with E-state index in [0.29, 0.717) is 11.8 Å². The standard InChI is InChI=1S/C18H28N2O2/c21-12-9-17-14-19(13-15-5-1-4-8-18(15)22)10-11-20(17)16-6-2-3-7-16/h1,4-5,8,16-17,21-22H,2-3,6-7,9-14H2/t17-/m0/s1. The Kier molecular flexibility index (Phi) is 5.34. The third kappa shape index (κ3) is 3.62. The predicted molar refractivity (Wildman–Crippen MR) is 87.8 cm³/mol. The number of aliphatic hydroxyl groups excluding tert-OH is 1. The minimum atomic E-state index is 0.262. The van der Waals surface area contributed by atoms with Gasteiger partial charge in [0.25, 0.3) is 0 Å². The summed E-state index contributed by atoms with van der Waals surface area (Å²) >= 11 is 0. The van der Waals surface area contributed by atoms with Crippen LogP contribution in [0.5, 0.6) is 5.75 Å². The molecule has 1 aromatic carbocycles. The zero-order chi connectivity index (χ0) is 15.4. The monoisotopic (exact) mass is 304 g/mol. The number of nitrogens with zero attached hydrogens (tertiary/aromatic N) is 2. The molecule has 1 aromatic rings. The van der Waals surface area contributed by atoms with E-state index in [1.807, 2.05) is 18.2 Å². The first-order valence-electron chi connectivity index (χ1n) is 8.64. The molecule has 0 spiro atoms. The second-order valence-electron chi connectivity index (χ2n) is 6.71. The van der Waals surface area contributed by atoms with Crippen LogP contribution in [0.3, 0.4) is 0 Å². The van der Waals surface area contributed by atoms with Crippen molar-refractivity contribution in [3.63, 3.8) is 0 Å². The first-order valence-corrected chi connectivity index (χ1v) is 8.64.